The SMILES string of the molecule is Cc1noc(C)c1CSc1ncccc1C(=O)NCCc1cnn(-c2ccccc2)c1. The average molecular weight is 434 g/mol. The Hall–Kier alpha value is -3.39. The molecule has 1 amide bonds. The summed E-state index contributed by atoms with van der Waals surface area (Å²) >= 11 is 1.51. The minimum absolute atomic E-state index is 0.134. The van der Waals surface area contributed by atoms with Crippen molar-refractivity contribution in [2.75, 3.05) is 6.54 Å². The fourth-order valence-electron chi connectivity index (χ4n) is 3.15. The lowest BCUT2D eigenvalue weighted by Crippen LogP contribution is -2.26. The van der Waals surface area contributed by atoms with E-state index < -0.39 is 0 Å². The van der Waals surface area contributed by atoms with Crippen molar-refractivity contribution in [1.82, 2.24) is 25.2 Å². The van der Waals surface area contributed by atoms with E-state index in [1.54, 1.807) is 18.3 Å². The number of aryl methyl sites for hydroxylation is 2. The van der Waals surface area contributed by atoms with Crippen LogP contribution in [0.1, 0.15) is 32.9 Å². The van der Waals surface area contributed by atoms with Gasteiger partial charge in [0.15, 0.2) is 0 Å². The largest absolute Gasteiger partial charge is 0.361 e. The highest BCUT2D eigenvalue weighted by Crippen LogP contribution is 2.27. The molecule has 0 saturated carbocycles. The first-order valence-corrected chi connectivity index (χ1v) is 11.0. The second kappa shape index (κ2) is 9.61. The molecule has 0 saturated heterocycles. The number of benzene rings is 1. The molecule has 0 atom stereocenters. The summed E-state index contributed by atoms with van der Waals surface area (Å²) in [6.07, 6.45) is 6.20. The van der Waals surface area contributed by atoms with Gasteiger partial charge in [-0.3, -0.25) is 4.79 Å². The van der Waals surface area contributed by atoms with Gasteiger partial charge in [-0.25, -0.2) is 9.67 Å². The third-order valence-electron chi connectivity index (χ3n) is 4.91. The Kier molecular flexibility index (Phi) is 6.47. The predicted molar refractivity (Wildman–Crippen MR) is 119 cm³/mol. The number of hydrogen-bond donors (Lipinski definition) is 1. The molecule has 4 rings (SSSR count). The molecule has 0 aliphatic heterocycles. The Bertz CT molecular complexity index is 1150. The summed E-state index contributed by atoms with van der Waals surface area (Å²) in [6.45, 7) is 4.32. The molecule has 3 heterocycles. The van der Waals surface area contributed by atoms with Crippen LogP contribution in [0.4, 0.5) is 0 Å². The highest BCUT2D eigenvalue weighted by molar-refractivity contribution is 7.98. The van der Waals surface area contributed by atoms with Crippen LogP contribution >= 0.6 is 11.8 Å². The van der Waals surface area contributed by atoms with Crippen LogP contribution in [0.3, 0.4) is 0 Å². The van der Waals surface area contributed by atoms with Gasteiger partial charge in [-0.15, -0.1) is 11.8 Å². The smallest absolute Gasteiger partial charge is 0.254 e. The minimum Gasteiger partial charge on any atom is -0.361 e. The van der Waals surface area contributed by atoms with E-state index in [9.17, 15) is 4.79 Å². The molecule has 0 fully saturated rings. The van der Waals surface area contributed by atoms with E-state index in [-0.39, 0.29) is 5.91 Å². The molecule has 0 bridgehead atoms. The number of rotatable bonds is 8. The van der Waals surface area contributed by atoms with Gasteiger partial charge in [0.05, 0.1) is 23.1 Å². The molecule has 0 aliphatic rings. The molecule has 1 aromatic carbocycles. The van der Waals surface area contributed by atoms with Crippen LogP contribution in [0.15, 0.2) is 70.6 Å². The topological polar surface area (TPSA) is 85.8 Å². The fraction of sp³-hybridized carbons (Fsp3) is 0.217. The molecule has 7 nitrogen and oxygen atoms in total. The normalized spacial score (nSPS) is 10.9. The first kappa shape index (κ1) is 20.9. The van der Waals surface area contributed by atoms with Crippen molar-refractivity contribution in [3.8, 4) is 5.69 Å². The molecule has 8 heteroatoms. The number of pyridine rings is 1. The zero-order chi connectivity index (χ0) is 21.6. The van der Waals surface area contributed by atoms with Crippen LogP contribution in [0.2, 0.25) is 0 Å². The molecule has 158 valence electrons. The summed E-state index contributed by atoms with van der Waals surface area (Å²) < 4.78 is 7.05. The number of para-hydroxylation sites is 1. The Morgan fingerprint density at radius 3 is 2.77 bits per heavy atom. The van der Waals surface area contributed by atoms with E-state index in [1.165, 1.54) is 11.8 Å². The lowest BCUT2D eigenvalue weighted by Gasteiger charge is -2.09. The summed E-state index contributed by atoms with van der Waals surface area (Å²) in [5.74, 6) is 1.31. The lowest BCUT2D eigenvalue weighted by molar-refractivity contribution is 0.0950. The Labute approximate surface area is 184 Å². The van der Waals surface area contributed by atoms with E-state index in [1.807, 2.05) is 61.3 Å². The van der Waals surface area contributed by atoms with Crippen molar-refractivity contribution in [2.24, 2.45) is 0 Å². The molecule has 0 radical (unpaired) electrons. The van der Waals surface area contributed by atoms with Gasteiger partial charge in [-0.05, 0) is 50.1 Å². The Morgan fingerprint density at radius 1 is 1.16 bits per heavy atom. The van der Waals surface area contributed by atoms with Crippen LogP contribution in [0.25, 0.3) is 5.69 Å². The maximum absolute atomic E-state index is 12.8. The highest BCUT2D eigenvalue weighted by atomic mass is 32.2. The van der Waals surface area contributed by atoms with Gasteiger partial charge in [-0.2, -0.15) is 5.10 Å². The maximum atomic E-state index is 12.8. The first-order valence-electron chi connectivity index (χ1n) is 9.98. The standard InChI is InChI=1S/C23H23N5O2S/c1-16-21(17(2)30-27-16)15-31-23-20(9-6-11-25-23)22(29)24-12-10-18-13-26-28(14-18)19-7-4-3-5-8-19/h3-9,11,13-14H,10,12,15H2,1-2H3,(H,24,29). The second-order valence-electron chi connectivity index (χ2n) is 7.08. The third kappa shape index (κ3) is 5.03. The zero-order valence-electron chi connectivity index (χ0n) is 17.4. The number of carbonyl (C=O) groups excluding carboxylic acids is 1. The van der Waals surface area contributed by atoms with Crippen LogP contribution in [-0.2, 0) is 12.2 Å². The van der Waals surface area contributed by atoms with Crippen molar-refractivity contribution in [2.45, 2.75) is 31.0 Å². The highest BCUT2D eigenvalue weighted by Gasteiger charge is 2.15. The summed E-state index contributed by atoms with van der Waals surface area (Å²) in [5, 5.41) is 12.1. The Morgan fingerprint density at radius 2 is 2.00 bits per heavy atom. The van der Waals surface area contributed by atoms with Crippen molar-refractivity contribution in [1.29, 1.82) is 0 Å². The monoisotopic (exact) mass is 433 g/mol. The second-order valence-corrected chi connectivity index (χ2v) is 8.05. The average Bonchev–Trinajstić information content (AvgIpc) is 3.39. The molecule has 3 aromatic heterocycles. The predicted octanol–water partition coefficient (Wildman–Crippen LogP) is 4.14. The molecule has 31 heavy (non-hydrogen) atoms. The molecular weight excluding hydrogens is 410 g/mol. The van der Waals surface area contributed by atoms with Crippen molar-refractivity contribution in [3.05, 3.63) is 89.2 Å². The van der Waals surface area contributed by atoms with Crippen LogP contribution in [-0.4, -0.2) is 32.4 Å². The molecule has 0 aliphatic carbocycles. The van der Waals surface area contributed by atoms with Gasteiger partial charge in [-0.1, -0.05) is 23.4 Å². The fourth-order valence-corrected chi connectivity index (χ4v) is 4.30. The number of carbonyl (C=O) groups is 1. The molecule has 1 N–H and O–H groups in total. The molecular formula is C23H23N5O2S. The van der Waals surface area contributed by atoms with Gasteiger partial charge in [0.25, 0.3) is 5.91 Å². The van der Waals surface area contributed by atoms with E-state index in [4.69, 9.17) is 4.52 Å². The maximum Gasteiger partial charge on any atom is 0.254 e. The number of thioether (sulfide) groups is 1. The van der Waals surface area contributed by atoms with Crippen molar-refractivity contribution in [3.63, 3.8) is 0 Å². The van der Waals surface area contributed by atoms with Gasteiger partial charge < -0.3 is 9.84 Å². The van der Waals surface area contributed by atoms with Gasteiger partial charge >= 0.3 is 0 Å². The number of amides is 1. The van der Waals surface area contributed by atoms with Crippen LogP contribution < -0.4 is 5.32 Å². The third-order valence-corrected chi connectivity index (χ3v) is 5.94. The van der Waals surface area contributed by atoms with Crippen LogP contribution in [0, 0.1) is 13.8 Å². The van der Waals surface area contributed by atoms with E-state index in [0.29, 0.717) is 29.3 Å². The number of aromatic nitrogens is 4. The lowest BCUT2D eigenvalue weighted by atomic mass is 10.2. The zero-order valence-corrected chi connectivity index (χ0v) is 18.2. The van der Waals surface area contributed by atoms with E-state index in [0.717, 1.165) is 28.3 Å². The quantitative estimate of drug-likeness (QED) is 0.421. The van der Waals surface area contributed by atoms with Gasteiger partial charge in [0.2, 0.25) is 0 Å². The first-order chi connectivity index (χ1) is 15.1. The molecule has 0 spiro atoms. The summed E-state index contributed by atoms with van der Waals surface area (Å²) in [5.41, 5.74) is 4.54. The molecule has 4 aromatic rings. The molecule has 0 unspecified atom stereocenters. The van der Waals surface area contributed by atoms with Crippen LogP contribution in [0.5, 0.6) is 0 Å². The summed E-state index contributed by atoms with van der Waals surface area (Å²) in [7, 11) is 0. The van der Waals surface area contributed by atoms with E-state index >= 15 is 0 Å². The number of hydrogen-bond acceptors (Lipinski definition) is 6. The van der Waals surface area contributed by atoms with Crippen molar-refractivity contribution < 1.29 is 9.32 Å². The summed E-state index contributed by atoms with van der Waals surface area (Å²) in [6, 6.07) is 13.5. The van der Waals surface area contributed by atoms with Gasteiger partial charge in [0.1, 0.15) is 10.8 Å². The van der Waals surface area contributed by atoms with Gasteiger partial charge in [0, 0.05) is 30.3 Å². The van der Waals surface area contributed by atoms with E-state index in [2.05, 4.69) is 20.6 Å². The van der Waals surface area contributed by atoms with Crippen molar-refractivity contribution >= 4 is 17.7 Å². The number of nitrogens with one attached hydrogen (secondary N) is 1. The number of nitrogens with zero attached hydrogens (tertiary/aromatic N) is 4. The summed E-state index contributed by atoms with van der Waals surface area (Å²) in [4.78, 5) is 17.2. The Balaban J connectivity index is 1.34. The minimum atomic E-state index is -0.134.